The summed E-state index contributed by atoms with van der Waals surface area (Å²) in [7, 11) is 1.70. The van der Waals surface area contributed by atoms with Crippen LogP contribution in [0.1, 0.15) is 35.3 Å². The molecule has 1 N–H and O–H groups in total. The van der Waals surface area contributed by atoms with Crippen molar-refractivity contribution in [1.82, 2.24) is 24.7 Å². The van der Waals surface area contributed by atoms with Crippen LogP contribution in [-0.2, 0) is 17.7 Å². The number of nitrogens with zero attached hydrogens (tertiary/aromatic N) is 5. The summed E-state index contributed by atoms with van der Waals surface area (Å²) in [5.41, 5.74) is 3.93. The number of hydrogen-bond acceptors (Lipinski definition) is 7. The predicted molar refractivity (Wildman–Crippen MR) is 136 cm³/mol. The highest BCUT2D eigenvalue weighted by atomic mass is 16.5. The van der Waals surface area contributed by atoms with Crippen LogP contribution < -0.4 is 10.1 Å². The molecular weight excluding hydrogens is 456 g/mol. The number of pyridine rings is 2. The van der Waals surface area contributed by atoms with Crippen molar-refractivity contribution in [1.29, 1.82) is 0 Å². The fourth-order valence-electron chi connectivity index (χ4n) is 4.15. The molecule has 0 radical (unpaired) electrons. The maximum Gasteiger partial charge on any atom is 0.260 e. The first-order valence-electron chi connectivity index (χ1n) is 12.1. The Morgan fingerprint density at radius 3 is 2.89 bits per heavy atom. The number of rotatable bonds is 5. The Hall–Kier alpha value is -4.11. The van der Waals surface area contributed by atoms with E-state index in [0.29, 0.717) is 41.9 Å². The molecule has 1 amide bonds. The second-order valence-corrected chi connectivity index (χ2v) is 8.61. The van der Waals surface area contributed by atoms with E-state index in [1.807, 2.05) is 53.2 Å². The van der Waals surface area contributed by atoms with Gasteiger partial charge in [0.05, 0.1) is 12.2 Å². The van der Waals surface area contributed by atoms with Gasteiger partial charge in [0, 0.05) is 37.7 Å². The van der Waals surface area contributed by atoms with E-state index in [1.54, 1.807) is 19.5 Å². The van der Waals surface area contributed by atoms with Crippen LogP contribution in [0.25, 0.3) is 22.6 Å². The highest BCUT2D eigenvalue weighted by Gasteiger charge is 2.17. The molecule has 9 heteroatoms. The molecule has 0 aliphatic carbocycles. The van der Waals surface area contributed by atoms with Gasteiger partial charge in [-0.25, -0.2) is 4.98 Å². The van der Waals surface area contributed by atoms with E-state index < -0.39 is 0 Å². The van der Waals surface area contributed by atoms with Gasteiger partial charge in [0.1, 0.15) is 23.6 Å². The molecule has 0 unspecified atom stereocenters. The molecule has 0 saturated carbocycles. The Kier molecular flexibility index (Phi) is 7.28. The van der Waals surface area contributed by atoms with E-state index in [1.165, 1.54) is 0 Å². The summed E-state index contributed by atoms with van der Waals surface area (Å²) in [6.45, 7) is 1.96. The molecule has 1 aromatic carbocycles. The van der Waals surface area contributed by atoms with Crippen molar-refractivity contribution in [2.24, 2.45) is 0 Å². The van der Waals surface area contributed by atoms with Gasteiger partial charge in [-0.2, -0.15) is 0 Å². The van der Waals surface area contributed by atoms with Crippen molar-refractivity contribution >= 4 is 11.7 Å². The third kappa shape index (κ3) is 5.41. The Bertz CT molecular complexity index is 1340. The smallest absolute Gasteiger partial charge is 0.260 e. The van der Waals surface area contributed by atoms with Crippen LogP contribution in [0.4, 0.5) is 5.82 Å². The number of aromatic nitrogens is 5. The van der Waals surface area contributed by atoms with Crippen molar-refractivity contribution in [2.45, 2.75) is 32.2 Å². The molecule has 0 saturated heterocycles. The molecule has 2 bridgehead atoms. The summed E-state index contributed by atoms with van der Waals surface area (Å²) in [5, 5.41) is 11.2. The fraction of sp³-hybridized carbons (Fsp3) is 0.296. The van der Waals surface area contributed by atoms with Crippen molar-refractivity contribution in [3.63, 3.8) is 0 Å². The van der Waals surface area contributed by atoms with Crippen LogP contribution in [0, 0.1) is 0 Å². The quantitative estimate of drug-likeness (QED) is 0.419. The Morgan fingerprint density at radius 2 is 2.03 bits per heavy atom. The molecule has 1 aliphatic rings. The van der Waals surface area contributed by atoms with Crippen LogP contribution in [-0.4, -0.2) is 51.0 Å². The molecule has 9 nitrogen and oxygen atoms in total. The van der Waals surface area contributed by atoms with Gasteiger partial charge in [-0.3, -0.25) is 9.78 Å². The van der Waals surface area contributed by atoms with Crippen LogP contribution >= 0.6 is 0 Å². The monoisotopic (exact) mass is 484 g/mol. The molecule has 0 fully saturated rings. The lowest BCUT2D eigenvalue weighted by Crippen LogP contribution is -2.16. The van der Waals surface area contributed by atoms with E-state index in [-0.39, 0.29) is 5.91 Å². The molecule has 184 valence electrons. The largest absolute Gasteiger partial charge is 0.493 e. The molecule has 5 rings (SSSR count). The van der Waals surface area contributed by atoms with Gasteiger partial charge in [-0.1, -0.05) is 18.2 Å². The highest BCUT2D eigenvalue weighted by molar-refractivity contribution is 6.06. The van der Waals surface area contributed by atoms with Crippen LogP contribution in [0.15, 0.2) is 61.1 Å². The number of ether oxygens (including phenoxy) is 2. The predicted octanol–water partition coefficient (Wildman–Crippen LogP) is 4.41. The summed E-state index contributed by atoms with van der Waals surface area (Å²) >= 11 is 0. The lowest BCUT2D eigenvalue weighted by atomic mass is 10.0. The van der Waals surface area contributed by atoms with E-state index >= 15 is 0 Å². The van der Waals surface area contributed by atoms with Crippen LogP contribution in [0.5, 0.6) is 5.75 Å². The Balaban J connectivity index is 1.44. The van der Waals surface area contributed by atoms with Crippen molar-refractivity contribution in [2.75, 3.05) is 25.6 Å². The van der Waals surface area contributed by atoms with E-state index in [0.717, 1.165) is 49.0 Å². The minimum absolute atomic E-state index is 0.292. The second kappa shape index (κ2) is 11.1. The molecule has 1 aliphatic heterocycles. The number of carbonyl (C=O) groups is 1. The van der Waals surface area contributed by atoms with E-state index in [9.17, 15) is 4.79 Å². The minimum atomic E-state index is -0.292. The number of amides is 1. The normalized spacial score (nSPS) is 13.6. The third-order valence-electron chi connectivity index (χ3n) is 6.05. The summed E-state index contributed by atoms with van der Waals surface area (Å²) in [4.78, 5) is 22.6. The van der Waals surface area contributed by atoms with Gasteiger partial charge in [0.25, 0.3) is 5.91 Å². The summed E-state index contributed by atoms with van der Waals surface area (Å²) < 4.78 is 13.1. The number of anilines is 1. The number of carbonyl (C=O) groups excluding carboxylic acids is 1. The molecule has 0 spiro atoms. The molecule has 4 heterocycles. The first kappa shape index (κ1) is 23.6. The number of nitrogens with one attached hydrogen (secondary N) is 1. The molecule has 4 aromatic rings. The van der Waals surface area contributed by atoms with E-state index in [2.05, 4.69) is 25.5 Å². The van der Waals surface area contributed by atoms with Gasteiger partial charge in [-0.15, -0.1) is 10.2 Å². The zero-order valence-corrected chi connectivity index (χ0v) is 20.2. The minimum Gasteiger partial charge on any atom is -0.493 e. The highest BCUT2D eigenvalue weighted by Crippen LogP contribution is 2.28. The van der Waals surface area contributed by atoms with Crippen molar-refractivity contribution in [3.8, 4) is 28.4 Å². The average molecular weight is 485 g/mol. The topological polar surface area (TPSA) is 104 Å². The average Bonchev–Trinajstić information content (AvgIpc) is 3.37. The zero-order chi connectivity index (χ0) is 24.7. The standard InChI is InChI=1S/C27H28N6O3/c1-35-14-5-6-21-11-9-20(17-28-21)19-10-12-24-22(16-19)27(34)31-25-8-4-7-23(30-25)26-32-29-18-33(26)13-2-3-15-36-24/h4,7-12,16-18H,2-3,5-6,13-15H2,1H3,(H,30,31,34). The Labute approximate surface area is 209 Å². The third-order valence-corrected chi connectivity index (χ3v) is 6.05. The van der Waals surface area contributed by atoms with E-state index in [4.69, 9.17) is 9.47 Å². The van der Waals surface area contributed by atoms with Crippen molar-refractivity contribution < 1.29 is 14.3 Å². The molecule has 36 heavy (non-hydrogen) atoms. The number of aryl methyl sites for hydroxylation is 2. The first-order valence-corrected chi connectivity index (χ1v) is 12.1. The fourth-order valence-corrected chi connectivity index (χ4v) is 4.15. The van der Waals surface area contributed by atoms with Gasteiger partial charge in [0.15, 0.2) is 5.82 Å². The molecule has 3 aromatic heterocycles. The summed E-state index contributed by atoms with van der Waals surface area (Å²) in [5.74, 6) is 1.35. The van der Waals surface area contributed by atoms with Gasteiger partial charge in [0.2, 0.25) is 0 Å². The number of fused-ring (bicyclic) bond motifs is 5. The summed E-state index contributed by atoms with van der Waals surface area (Å²) in [6.07, 6.45) is 7.03. The molecule has 0 atom stereocenters. The maximum atomic E-state index is 13.4. The maximum absolute atomic E-state index is 13.4. The summed E-state index contributed by atoms with van der Waals surface area (Å²) in [6, 6.07) is 15.2. The van der Waals surface area contributed by atoms with Gasteiger partial charge in [-0.05, 0) is 61.6 Å². The van der Waals surface area contributed by atoms with Gasteiger partial charge >= 0.3 is 0 Å². The van der Waals surface area contributed by atoms with Crippen molar-refractivity contribution in [3.05, 3.63) is 72.3 Å². The lowest BCUT2D eigenvalue weighted by Gasteiger charge is -2.15. The van der Waals surface area contributed by atoms with Crippen LogP contribution in [0.2, 0.25) is 0 Å². The van der Waals surface area contributed by atoms with Gasteiger partial charge < -0.3 is 19.4 Å². The van der Waals surface area contributed by atoms with Crippen LogP contribution in [0.3, 0.4) is 0 Å². The zero-order valence-electron chi connectivity index (χ0n) is 20.2. The number of hydrogen-bond donors (Lipinski definition) is 1. The number of benzene rings is 1. The second-order valence-electron chi connectivity index (χ2n) is 8.61. The molecular formula is C27H28N6O3. The lowest BCUT2D eigenvalue weighted by molar-refractivity contribution is 0.102. The SMILES string of the molecule is COCCCc1ccc(-c2ccc3c(c2)C(=O)Nc2cccc(n2)-c2nncn2CCCCO3)cn1. The Morgan fingerprint density at radius 1 is 1.11 bits per heavy atom. The first-order chi connectivity index (χ1) is 17.7. The number of methoxy groups -OCH3 is 1.